The molecule has 0 aliphatic carbocycles. The summed E-state index contributed by atoms with van der Waals surface area (Å²) in [6, 6.07) is 3.16. The predicted molar refractivity (Wildman–Crippen MR) is 62.6 cm³/mol. The van der Waals surface area contributed by atoms with Gasteiger partial charge in [0.2, 0.25) is 0 Å². The van der Waals surface area contributed by atoms with E-state index in [9.17, 15) is 9.59 Å². The van der Waals surface area contributed by atoms with Crippen LogP contribution in [0.5, 0.6) is 0 Å². The van der Waals surface area contributed by atoms with E-state index in [0.717, 1.165) is 11.3 Å². The van der Waals surface area contributed by atoms with Crippen molar-refractivity contribution >= 4 is 34.8 Å². The summed E-state index contributed by atoms with van der Waals surface area (Å²) in [7, 11) is 0. The van der Waals surface area contributed by atoms with Gasteiger partial charge in [-0.05, 0) is 12.1 Å². The fraction of sp³-hybridized carbons (Fsp3) is 0.400. The highest BCUT2D eigenvalue weighted by molar-refractivity contribution is 7.18. The maximum atomic E-state index is 11.8. The second-order valence-electron chi connectivity index (χ2n) is 3.75. The van der Waals surface area contributed by atoms with Gasteiger partial charge in [0, 0.05) is 13.0 Å². The molecule has 1 amide bonds. The Kier molecular flexibility index (Phi) is 3.37. The van der Waals surface area contributed by atoms with Crippen molar-refractivity contribution in [1.82, 2.24) is 5.32 Å². The first-order valence-electron chi connectivity index (χ1n) is 4.92. The second kappa shape index (κ2) is 4.64. The summed E-state index contributed by atoms with van der Waals surface area (Å²) in [5.74, 6) is -1.51. The third-order valence-electron chi connectivity index (χ3n) is 2.58. The molecule has 1 aliphatic heterocycles. The van der Waals surface area contributed by atoms with Crippen LogP contribution in [0.15, 0.2) is 12.1 Å². The molecule has 2 rings (SSSR count). The quantitative estimate of drug-likeness (QED) is 0.874. The molecular formula is C10H10ClNO4S. The van der Waals surface area contributed by atoms with E-state index < -0.39 is 17.4 Å². The maximum Gasteiger partial charge on any atom is 0.331 e. The molecule has 17 heavy (non-hydrogen) atoms. The topological polar surface area (TPSA) is 75.6 Å². The van der Waals surface area contributed by atoms with E-state index in [4.69, 9.17) is 21.4 Å². The lowest BCUT2D eigenvalue weighted by Gasteiger charge is -2.23. The third-order valence-corrected chi connectivity index (χ3v) is 3.81. The van der Waals surface area contributed by atoms with Gasteiger partial charge in [-0.3, -0.25) is 4.79 Å². The molecule has 2 heterocycles. The summed E-state index contributed by atoms with van der Waals surface area (Å²) in [5, 5.41) is 11.7. The molecular weight excluding hydrogens is 266 g/mol. The second-order valence-corrected chi connectivity index (χ2v) is 5.46. The maximum absolute atomic E-state index is 11.8. The normalized spacial score (nSPS) is 23.6. The van der Waals surface area contributed by atoms with Crippen LogP contribution in [0.25, 0.3) is 0 Å². The highest BCUT2D eigenvalue weighted by Crippen LogP contribution is 2.24. The van der Waals surface area contributed by atoms with E-state index in [1.807, 2.05) is 0 Å². The van der Waals surface area contributed by atoms with E-state index >= 15 is 0 Å². The van der Waals surface area contributed by atoms with Crippen molar-refractivity contribution in [2.75, 3.05) is 13.2 Å². The minimum atomic E-state index is -1.31. The van der Waals surface area contributed by atoms with Crippen LogP contribution in [-0.4, -0.2) is 35.7 Å². The number of thiophene rings is 1. The average molecular weight is 276 g/mol. The number of halogens is 1. The zero-order valence-electron chi connectivity index (χ0n) is 8.73. The number of carbonyl (C=O) groups is 2. The number of aliphatic carboxylic acids is 1. The SMILES string of the molecule is O=C(N[C@]1(C(=O)O)CCOC1)c1ccc(Cl)s1. The molecule has 0 spiro atoms. The molecule has 1 saturated heterocycles. The van der Waals surface area contributed by atoms with Crippen LogP contribution in [0.4, 0.5) is 0 Å². The van der Waals surface area contributed by atoms with Crippen molar-refractivity contribution in [3.8, 4) is 0 Å². The fourth-order valence-corrected chi connectivity index (χ4v) is 2.54. The van der Waals surface area contributed by atoms with Crippen molar-refractivity contribution in [1.29, 1.82) is 0 Å². The minimum Gasteiger partial charge on any atom is -0.479 e. The van der Waals surface area contributed by atoms with Gasteiger partial charge in [0.1, 0.15) is 0 Å². The lowest BCUT2D eigenvalue weighted by molar-refractivity contribution is -0.144. The van der Waals surface area contributed by atoms with Crippen molar-refractivity contribution in [3.63, 3.8) is 0 Å². The summed E-state index contributed by atoms with van der Waals surface area (Å²) in [5.41, 5.74) is -1.31. The van der Waals surface area contributed by atoms with Crippen LogP contribution in [0.3, 0.4) is 0 Å². The number of hydrogen-bond acceptors (Lipinski definition) is 4. The number of carbonyl (C=O) groups excluding carboxylic acids is 1. The first-order valence-corrected chi connectivity index (χ1v) is 6.12. The van der Waals surface area contributed by atoms with Crippen LogP contribution in [-0.2, 0) is 9.53 Å². The van der Waals surface area contributed by atoms with Gasteiger partial charge in [0.25, 0.3) is 5.91 Å². The van der Waals surface area contributed by atoms with Gasteiger partial charge < -0.3 is 15.2 Å². The molecule has 1 aromatic heterocycles. The van der Waals surface area contributed by atoms with Crippen molar-refractivity contribution in [3.05, 3.63) is 21.3 Å². The minimum absolute atomic E-state index is 0.00677. The molecule has 0 saturated carbocycles. The van der Waals surface area contributed by atoms with E-state index in [2.05, 4.69) is 5.32 Å². The molecule has 5 nitrogen and oxygen atoms in total. The standard InChI is InChI=1S/C10H10ClNO4S/c11-7-2-1-6(17-7)8(13)12-10(9(14)15)3-4-16-5-10/h1-2H,3-5H2,(H,12,13)(H,14,15)/t10-/m1/s1. The van der Waals surface area contributed by atoms with Gasteiger partial charge in [-0.2, -0.15) is 0 Å². The van der Waals surface area contributed by atoms with Crippen LogP contribution in [0, 0.1) is 0 Å². The Labute approximate surface area is 106 Å². The Morgan fingerprint density at radius 3 is 2.76 bits per heavy atom. The average Bonchev–Trinajstić information content (AvgIpc) is 2.87. The van der Waals surface area contributed by atoms with Gasteiger partial charge in [-0.1, -0.05) is 11.6 Å². The highest BCUT2D eigenvalue weighted by Gasteiger charge is 2.44. The summed E-state index contributed by atoms with van der Waals surface area (Å²) in [6.07, 6.45) is 0.271. The fourth-order valence-electron chi connectivity index (χ4n) is 1.60. The number of carboxylic acids is 1. The van der Waals surface area contributed by atoms with Crippen molar-refractivity contribution in [2.24, 2.45) is 0 Å². The van der Waals surface area contributed by atoms with Crippen molar-refractivity contribution in [2.45, 2.75) is 12.0 Å². The van der Waals surface area contributed by atoms with Gasteiger partial charge in [0.15, 0.2) is 5.54 Å². The number of amides is 1. The summed E-state index contributed by atoms with van der Waals surface area (Å²) >= 11 is 6.83. The Bertz CT molecular complexity index is 453. The predicted octanol–water partition coefficient (Wildman–Crippen LogP) is 1.37. The van der Waals surface area contributed by atoms with Gasteiger partial charge >= 0.3 is 5.97 Å². The Hall–Kier alpha value is -1.11. The van der Waals surface area contributed by atoms with Crippen LogP contribution >= 0.6 is 22.9 Å². The molecule has 0 aromatic carbocycles. The third kappa shape index (κ3) is 2.43. The molecule has 0 radical (unpaired) electrons. The number of ether oxygens (including phenoxy) is 1. The molecule has 2 N–H and O–H groups in total. The van der Waals surface area contributed by atoms with E-state index in [1.165, 1.54) is 0 Å². The first-order chi connectivity index (χ1) is 8.03. The first kappa shape index (κ1) is 12.3. The number of rotatable bonds is 3. The lowest BCUT2D eigenvalue weighted by atomic mass is 9.99. The number of nitrogens with one attached hydrogen (secondary N) is 1. The van der Waals surface area contributed by atoms with Gasteiger partial charge in [-0.15, -0.1) is 11.3 Å². The zero-order valence-corrected chi connectivity index (χ0v) is 10.3. The Morgan fingerprint density at radius 1 is 1.53 bits per heavy atom. The molecule has 92 valence electrons. The molecule has 1 aromatic rings. The molecule has 1 atom stereocenters. The Morgan fingerprint density at radius 2 is 2.29 bits per heavy atom. The molecule has 0 bridgehead atoms. The van der Waals surface area contributed by atoms with E-state index in [1.54, 1.807) is 12.1 Å². The van der Waals surface area contributed by atoms with Crippen LogP contribution < -0.4 is 5.32 Å². The van der Waals surface area contributed by atoms with Crippen molar-refractivity contribution < 1.29 is 19.4 Å². The van der Waals surface area contributed by atoms with Crippen LogP contribution in [0.2, 0.25) is 4.34 Å². The van der Waals surface area contributed by atoms with Crippen LogP contribution in [0.1, 0.15) is 16.1 Å². The van der Waals surface area contributed by atoms with E-state index in [-0.39, 0.29) is 13.0 Å². The molecule has 0 unspecified atom stereocenters. The molecule has 1 aliphatic rings. The highest BCUT2D eigenvalue weighted by atomic mass is 35.5. The zero-order chi connectivity index (χ0) is 12.5. The van der Waals surface area contributed by atoms with Gasteiger partial charge in [-0.25, -0.2) is 4.79 Å². The van der Waals surface area contributed by atoms with Gasteiger partial charge in [0.05, 0.1) is 15.8 Å². The smallest absolute Gasteiger partial charge is 0.331 e. The summed E-state index contributed by atoms with van der Waals surface area (Å²) < 4.78 is 5.53. The molecule has 1 fully saturated rings. The lowest BCUT2D eigenvalue weighted by Crippen LogP contribution is -2.55. The number of carboxylic acid groups (broad SMARTS) is 1. The Balaban J connectivity index is 2.14. The molecule has 7 heteroatoms. The number of hydrogen-bond donors (Lipinski definition) is 2. The largest absolute Gasteiger partial charge is 0.479 e. The summed E-state index contributed by atoms with van der Waals surface area (Å²) in [6.45, 7) is 0.324. The monoisotopic (exact) mass is 275 g/mol. The van der Waals surface area contributed by atoms with E-state index in [0.29, 0.717) is 15.8 Å². The summed E-state index contributed by atoms with van der Waals surface area (Å²) in [4.78, 5) is 23.4.